The largest absolute Gasteiger partial charge is 0.466 e. The normalized spacial score (nSPS) is 12.6. The molecule has 0 aromatic rings. The first-order valence-corrected chi connectivity index (χ1v) is 27.9. The van der Waals surface area contributed by atoms with E-state index in [1.165, 1.54) is 205 Å². The number of esters is 1. The summed E-state index contributed by atoms with van der Waals surface area (Å²) < 4.78 is 5.47. The lowest BCUT2D eigenvalue weighted by Crippen LogP contribution is -2.45. The maximum Gasteiger partial charge on any atom is 0.305 e. The number of unbranched alkanes of at least 4 members (excludes halogenated alkanes) is 39. The Hall–Kier alpha value is -1.40. The summed E-state index contributed by atoms with van der Waals surface area (Å²) in [7, 11) is 0. The Labute approximate surface area is 387 Å². The summed E-state index contributed by atoms with van der Waals surface area (Å²) in [6.45, 7) is 4.93. The molecule has 1 amide bonds. The number of hydrogen-bond acceptors (Lipinski definition) is 5. The van der Waals surface area contributed by atoms with Crippen LogP contribution in [-0.2, 0) is 14.3 Å². The van der Waals surface area contributed by atoms with Gasteiger partial charge in [0.15, 0.2) is 0 Å². The molecule has 0 saturated heterocycles. The first-order chi connectivity index (χ1) is 30.5. The van der Waals surface area contributed by atoms with E-state index in [1.54, 1.807) is 0 Å². The molecule has 62 heavy (non-hydrogen) atoms. The molecule has 6 nitrogen and oxygen atoms in total. The van der Waals surface area contributed by atoms with Crippen LogP contribution in [0.3, 0.4) is 0 Å². The first-order valence-electron chi connectivity index (χ1n) is 27.9. The summed E-state index contributed by atoms with van der Waals surface area (Å²) in [6.07, 6.45) is 60.5. The standard InChI is InChI=1S/C56H109NO5/c1-3-5-7-9-11-13-15-17-18-19-20-23-26-30-34-38-42-46-50-56(61)62-51-47-43-39-35-31-27-24-21-22-25-29-33-37-41-45-49-55(60)57-53(52-58)54(59)48-44-40-36-32-28-16-14-12-10-8-6-4-2/h24,27,53-54,58-59H,3-23,25-26,28-52H2,1-2H3,(H,57,60)/b27-24-. The van der Waals surface area contributed by atoms with Crippen molar-refractivity contribution in [3.63, 3.8) is 0 Å². The zero-order chi connectivity index (χ0) is 45.1. The second-order valence-electron chi connectivity index (χ2n) is 19.3. The molecular weight excluding hydrogens is 767 g/mol. The van der Waals surface area contributed by atoms with Crippen molar-refractivity contribution in [3.8, 4) is 0 Å². The molecule has 2 atom stereocenters. The lowest BCUT2D eigenvalue weighted by molar-refractivity contribution is -0.143. The fourth-order valence-corrected chi connectivity index (χ4v) is 8.75. The van der Waals surface area contributed by atoms with E-state index in [0.717, 1.165) is 70.6 Å². The van der Waals surface area contributed by atoms with Gasteiger partial charge in [0.25, 0.3) is 0 Å². The fourth-order valence-electron chi connectivity index (χ4n) is 8.75. The number of carbonyl (C=O) groups excluding carboxylic acids is 2. The van der Waals surface area contributed by atoms with Crippen molar-refractivity contribution in [1.29, 1.82) is 0 Å². The van der Waals surface area contributed by atoms with Gasteiger partial charge in [0.05, 0.1) is 25.4 Å². The summed E-state index contributed by atoms with van der Waals surface area (Å²) in [5, 5.41) is 23.2. The summed E-state index contributed by atoms with van der Waals surface area (Å²) >= 11 is 0. The summed E-state index contributed by atoms with van der Waals surface area (Å²) in [6, 6.07) is -0.551. The summed E-state index contributed by atoms with van der Waals surface area (Å²) in [4.78, 5) is 24.5. The van der Waals surface area contributed by atoms with Crippen LogP contribution in [0.1, 0.15) is 309 Å². The second-order valence-corrected chi connectivity index (χ2v) is 19.3. The maximum absolute atomic E-state index is 12.4. The topological polar surface area (TPSA) is 95.9 Å². The average Bonchev–Trinajstić information content (AvgIpc) is 3.27. The van der Waals surface area contributed by atoms with E-state index in [-0.39, 0.29) is 18.5 Å². The molecule has 6 heteroatoms. The van der Waals surface area contributed by atoms with Gasteiger partial charge in [0.1, 0.15) is 0 Å². The van der Waals surface area contributed by atoms with E-state index < -0.39 is 12.1 Å². The van der Waals surface area contributed by atoms with E-state index in [9.17, 15) is 19.8 Å². The minimum atomic E-state index is -0.672. The molecule has 0 aliphatic carbocycles. The molecule has 0 aliphatic heterocycles. The van der Waals surface area contributed by atoms with Crippen molar-refractivity contribution in [2.24, 2.45) is 0 Å². The number of allylic oxidation sites excluding steroid dienone is 2. The minimum Gasteiger partial charge on any atom is -0.466 e. The van der Waals surface area contributed by atoms with Gasteiger partial charge in [-0.25, -0.2) is 0 Å². The number of nitrogens with one attached hydrogen (secondary N) is 1. The molecule has 0 bridgehead atoms. The van der Waals surface area contributed by atoms with Gasteiger partial charge in [-0.3, -0.25) is 9.59 Å². The van der Waals surface area contributed by atoms with Gasteiger partial charge in [0.2, 0.25) is 5.91 Å². The van der Waals surface area contributed by atoms with Crippen LogP contribution >= 0.6 is 0 Å². The van der Waals surface area contributed by atoms with E-state index in [0.29, 0.717) is 25.9 Å². The van der Waals surface area contributed by atoms with Crippen molar-refractivity contribution in [1.82, 2.24) is 5.32 Å². The van der Waals surface area contributed by atoms with Gasteiger partial charge in [-0.1, -0.05) is 257 Å². The molecule has 0 fully saturated rings. The van der Waals surface area contributed by atoms with Crippen molar-refractivity contribution in [2.45, 2.75) is 321 Å². The Bertz CT molecular complexity index is 924. The predicted molar refractivity (Wildman–Crippen MR) is 269 cm³/mol. The average molecular weight is 876 g/mol. The lowest BCUT2D eigenvalue weighted by atomic mass is 10.0. The maximum atomic E-state index is 12.4. The Morgan fingerprint density at radius 1 is 0.435 bits per heavy atom. The molecule has 3 N–H and O–H groups in total. The third kappa shape index (κ3) is 48.1. The number of rotatable bonds is 52. The highest BCUT2D eigenvalue weighted by Gasteiger charge is 2.20. The number of ether oxygens (including phenoxy) is 1. The van der Waals surface area contributed by atoms with E-state index in [4.69, 9.17) is 4.74 Å². The van der Waals surface area contributed by atoms with Gasteiger partial charge < -0.3 is 20.3 Å². The highest BCUT2D eigenvalue weighted by atomic mass is 16.5. The third-order valence-corrected chi connectivity index (χ3v) is 13.1. The smallest absolute Gasteiger partial charge is 0.305 e. The van der Waals surface area contributed by atoms with Crippen LogP contribution in [0.2, 0.25) is 0 Å². The van der Waals surface area contributed by atoms with Gasteiger partial charge in [-0.2, -0.15) is 0 Å². The van der Waals surface area contributed by atoms with Crippen LogP contribution in [0.15, 0.2) is 12.2 Å². The molecule has 2 unspecified atom stereocenters. The molecule has 368 valence electrons. The fraction of sp³-hybridized carbons (Fsp3) is 0.929. The molecule has 0 spiro atoms. The number of carbonyl (C=O) groups is 2. The molecule has 0 aliphatic rings. The highest BCUT2D eigenvalue weighted by molar-refractivity contribution is 5.76. The minimum absolute atomic E-state index is 0.00541. The second kappa shape index (κ2) is 52.2. The number of amides is 1. The zero-order valence-corrected chi connectivity index (χ0v) is 41.9. The van der Waals surface area contributed by atoms with Crippen molar-refractivity contribution in [3.05, 3.63) is 12.2 Å². The Morgan fingerprint density at radius 3 is 1.15 bits per heavy atom. The van der Waals surface area contributed by atoms with Gasteiger partial charge in [-0.15, -0.1) is 0 Å². The van der Waals surface area contributed by atoms with E-state index in [1.807, 2.05) is 0 Å². The van der Waals surface area contributed by atoms with Crippen LogP contribution in [0.5, 0.6) is 0 Å². The Morgan fingerprint density at radius 2 is 0.758 bits per heavy atom. The van der Waals surface area contributed by atoms with Crippen LogP contribution in [-0.4, -0.2) is 47.4 Å². The Kier molecular flexibility index (Phi) is 51.0. The van der Waals surface area contributed by atoms with E-state index >= 15 is 0 Å². The van der Waals surface area contributed by atoms with Crippen molar-refractivity contribution >= 4 is 11.9 Å². The first kappa shape index (κ1) is 60.6. The number of aliphatic hydroxyl groups is 2. The number of hydrogen-bond donors (Lipinski definition) is 3. The van der Waals surface area contributed by atoms with Crippen LogP contribution in [0.4, 0.5) is 0 Å². The van der Waals surface area contributed by atoms with Crippen LogP contribution in [0.25, 0.3) is 0 Å². The van der Waals surface area contributed by atoms with Crippen molar-refractivity contribution in [2.75, 3.05) is 13.2 Å². The quantitative estimate of drug-likeness (QED) is 0.0321. The predicted octanol–water partition coefficient (Wildman–Crippen LogP) is 16.9. The van der Waals surface area contributed by atoms with Crippen molar-refractivity contribution < 1.29 is 24.5 Å². The van der Waals surface area contributed by atoms with Gasteiger partial charge >= 0.3 is 5.97 Å². The molecule has 0 heterocycles. The molecule has 0 saturated carbocycles. The third-order valence-electron chi connectivity index (χ3n) is 13.1. The van der Waals surface area contributed by atoms with Gasteiger partial charge in [0, 0.05) is 12.8 Å². The van der Waals surface area contributed by atoms with Gasteiger partial charge in [-0.05, 0) is 51.4 Å². The highest BCUT2D eigenvalue weighted by Crippen LogP contribution is 2.17. The Balaban J connectivity index is 3.43. The molecule has 0 aromatic carbocycles. The van der Waals surface area contributed by atoms with Crippen LogP contribution < -0.4 is 5.32 Å². The molecule has 0 radical (unpaired) electrons. The SMILES string of the molecule is CCCCCCCCCCCCCCCCCCCCC(=O)OCCCCCC/C=C\CCCCCCCCCC(=O)NC(CO)C(O)CCCCCCCCCCCCCC. The zero-order valence-electron chi connectivity index (χ0n) is 41.9. The lowest BCUT2D eigenvalue weighted by Gasteiger charge is -2.22. The van der Waals surface area contributed by atoms with Crippen LogP contribution in [0, 0.1) is 0 Å². The molecule has 0 aromatic heterocycles. The molecule has 0 rings (SSSR count). The summed E-state index contributed by atoms with van der Waals surface area (Å²) in [5.41, 5.74) is 0. The van der Waals surface area contributed by atoms with E-state index in [2.05, 4.69) is 31.3 Å². The summed E-state index contributed by atoms with van der Waals surface area (Å²) in [5.74, 6) is -0.0550. The monoisotopic (exact) mass is 876 g/mol. The number of aliphatic hydroxyl groups excluding tert-OH is 2. The molecular formula is C56H109NO5.